The molecule has 19 heavy (non-hydrogen) atoms. The number of anilines is 1. The van der Waals surface area contributed by atoms with Gasteiger partial charge in [0.15, 0.2) is 9.84 Å². The van der Waals surface area contributed by atoms with Crippen molar-refractivity contribution in [3.63, 3.8) is 0 Å². The van der Waals surface area contributed by atoms with E-state index in [0.717, 1.165) is 0 Å². The first-order valence-electron chi connectivity index (χ1n) is 6.07. The van der Waals surface area contributed by atoms with Crippen molar-refractivity contribution in [3.8, 4) is 0 Å². The van der Waals surface area contributed by atoms with E-state index < -0.39 is 9.84 Å². The van der Waals surface area contributed by atoms with E-state index in [2.05, 4.69) is 4.98 Å². The maximum Gasteiger partial charge on any atom is 0.179 e. The van der Waals surface area contributed by atoms with Crippen LogP contribution in [0.5, 0.6) is 0 Å². The van der Waals surface area contributed by atoms with Crippen molar-refractivity contribution in [3.05, 3.63) is 18.3 Å². The van der Waals surface area contributed by atoms with Crippen molar-refractivity contribution in [2.45, 2.75) is 24.0 Å². The molecular formula is C12H18N2O4S. The highest BCUT2D eigenvalue weighted by Gasteiger charge is 2.29. The van der Waals surface area contributed by atoms with Crippen LogP contribution in [0.25, 0.3) is 0 Å². The van der Waals surface area contributed by atoms with E-state index in [1.807, 2.05) is 11.8 Å². The average molecular weight is 286 g/mol. The predicted octanol–water partition coefficient (Wildman–Crippen LogP) is 0.0711. The number of hydrogen-bond acceptors (Lipinski definition) is 6. The molecule has 2 atom stereocenters. The van der Waals surface area contributed by atoms with Crippen molar-refractivity contribution in [2.75, 3.05) is 30.9 Å². The minimum absolute atomic E-state index is 0.0122. The Morgan fingerprint density at radius 2 is 2.32 bits per heavy atom. The van der Waals surface area contributed by atoms with Crippen molar-refractivity contribution in [1.29, 1.82) is 0 Å². The van der Waals surface area contributed by atoms with Gasteiger partial charge in [-0.3, -0.25) is 0 Å². The first-order valence-corrected chi connectivity index (χ1v) is 7.96. The molecule has 1 aromatic rings. The fourth-order valence-electron chi connectivity index (χ4n) is 2.11. The van der Waals surface area contributed by atoms with Crippen molar-refractivity contribution < 1.29 is 18.3 Å². The molecule has 0 radical (unpaired) electrons. The van der Waals surface area contributed by atoms with Gasteiger partial charge >= 0.3 is 0 Å². The molecule has 1 saturated heterocycles. The Hall–Kier alpha value is -1.18. The van der Waals surface area contributed by atoms with Crippen LogP contribution in [0.3, 0.4) is 0 Å². The first kappa shape index (κ1) is 14.2. The Morgan fingerprint density at radius 3 is 2.95 bits per heavy atom. The van der Waals surface area contributed by atoms with E-state index in [4.69, 9.17) is 4.74 Å². The second kappa shape index (κ2) is 5.44. The summed E-state index contributed by atoms with van der Waals surface area (Å²) in [7, 11) is -3.34. The van der Waals surface area contributed by atoms with Crippen LogP contribution < -0.4 is 4.90 Å². The summed E-state index contributed by atoms with van der Waals surface area (Å²) in [5.74, 6) is 0.430. The van der Waals surface area contributed by atoms with E-state index in [1.165, 1.54) is 6.26 Å². The van der Waals surface area contributed by atoms with Crippen molar-refractivity contribution in [2.24, 2.45) is 0 Å². The molecule has 2 unspecified atom stereocenters. The SMILES string of the molecule is CC1COC(CO)CN1c1ncccc1S(C)(=O)=O. The molecule has 0 aromatic carbocycles. The van der Waals surface area contributed by atoms with Crippen molar-refractivity contribution in [1.82, 2.24) is 4.98 Å². The fourth-order valence-corrected chi connectivity index (χ4v) is 2.94. The van der Waals surface area contributed by atoms with Gasteiger partial charge in [0.25, 0.3) is 0 Å². The van der Waals surface area contributed by atoms with E-state index in [9.17, 15) is 13.5 Å². The molecule has 1 N–H and O–H groups in total. The molecule has 2 heterocycles. The van der Waals surface area contributed by atoms with Gasteiger partial charge in [0.05, 0.1) is 25.4 Å². The number of aliphatic hydroxyl groups is 1. The number of aromatic nitrogens is 1. The zero-order chi connectivity index (χ0) is 14.0. The molecule has 0 aliphatic carbocycles. The smallest absolute Gasteiger partial charge is 0.179 e. The number of hydrogen-bond donors (Lipinski definition) is 1. The molecule has 1 aromatic heterocycles. The third kappa shape index (κ3) is 3.05. The van der Waals surface area contributed by atoms with Crippen LogP contribution >= 0.6 is 0 Å². The molecule has 7 heteroatoms. The van der Waals surface area contributed by atoms with Gasteiger partial charge in [-0.2, -0.15) is 0 Å². The van der Waals surface area contributed by atoms with Gasteiger partial charge in [0.2, 0.25) is 0 Å². The summed E-state index contributed by atoms with van der Waals surface area (Å²) in [6.07, 6.45) is 2.42. The van der Waals surface area contributed by atoms with Crippen LogP contribution in [0.4, 0.5) is 5.82 Å². The van der Waals surface area contributed by atoms with Gasteiger partial charge in [0, 0.05) is 19.0 Å². The number of morpholine rings is 1. The molecule has 0 spiro atoms. The number of rotatable bonds is 3. The quantitative estimate of drug-likeness (QED) is 0.847. The summed E-state index contributed by atoms with van der Waals surface area (Å²) < 4.78 is 29.1. The number of aliphatic hydroxyl groups excluding tert-OH is 1. The molecule has 1 aliphatic heterocycles. The molecule has 1 fully saturated rings. The second-order valence-electron chi connectivity index (χ2n) is 4.74. The van der Waals surface area contributed by atoms with Crippen LogP contribution in [0.1, 0.15) is 6.92 Å². The molecular weight excluding hydrogens is 268 g/mol. The van der Waals surface area contributed by atoms with Crippen LogP contribution in [0.2, 0.25) is 0 Å². The standard InChI is InChI=1S/C12H18N2O4S/c1-9-8-18-10(7-15)6-14(9)12-11(19(2,16)17)4-3-5-13-12/h3-5,9-10,15H,6-8H2,1-2H3. The summed E-state index contributed by atoms with van der Waals surface area (Å²) in [5.41, 5.74) is 0. The van der Waals surface area contributed by atoms with Crippen LogP contribution in [-0.2, 0) is 14.6 Å². The molecule has 106 valence electrons. The van der Waals surface area contributed by atoms with Gasteiger partial charge in [-0.25, -0.2) is 13.4 Å². The summed E-state index contributed by atoms with van der Waals surface area (Å²) in [4.78, 5) is 6.28. The maximum atomic E-state index is 11.8. The van der Waals surface area contributed by atoms with Crippen molar-refractivity contribution >= 4 is 15.7 Å². The molecule has 0 saturated carbocycles. The Balaban J connectivity index is 2.40. The molecule has 1 aliphatic rings. The largest absolute Gasteiger partial charge is 0.394 e. The third-order valence-corrected chi connectivity index (χ3v) is 4.25. The summed E-state index contributed by atoms with van der Waals surface area (Å²) in [5, 5.41) is 9.18. The van der Waals surface area contributed by atoms with Gasteiger partial charge < -0.3 is 14.7 Å². The monoisotopic (exact) mass is 286 g/mol. The zero-order valence-corrected chi connectivity index (χ0v) is 11.8. The Morgan fingerprint density at radius 1 is 1.58 bits per heavy atom. The molecule has 0 amide bonds. The highest BCUT2D eigenvalue weighted by atomic mass is 32.2. The number of ether oxygens (including phenoxy) is 1. The van der Waals surface area contributed by atoms with E-state index in [1.54, 1.807) is 18.3 Å². The van der Waals surface area contributed by atoms with E-state index in [-0.39, 0.29) is 23.6 Å². The average Bonchev–Trinajstić information content (AvgIpc) is 2.38. The van der Waals surface area contributed by atoms with E-state index in [0.29, 0.717) is 19.0 Å². The Bertz CT molecular complexity index is 546. The first-order chi connectivity index (χ1) is 8.93. The summed E-state index contributed by atoms with van der Waals surface area (Å²) in [6, 6.07) is 3.17. The summed E-state index contributed by atoms with van der Waals surface area (Å²) in [6.45, 7) is 2.71. The second-order valence-corrected chi connectivity index (χ2v) is 6.72. The fraction of sp³-hybridized carbons (Fsp3) is 0.583. The van der Waals surface area contributed by atoms with Gasteiger partial charge in [-0.1, -0.05) is 0 Å². The zero-order valence-electron chi connectivity index (χ0n) is 11.0. The number of pyridine rings is 1. The number of sulfone groups is 1. The minimum atomic E-state index is -3.34. The lowest BCUT2D eigenvalue weighted by Gasteiger charge is -2.38. The molecule has 0 bridgehead atoms. The normalized spacial score (nSPS) is 24.5. The minimum Gasteiger partial charge on any atom is -0.394 e. The lowest BCUT2D eigenvalue weighted by atomic mass is 10.2. The van der Waals surface area contributed by atoms with Gasteiger partial charge in [0.1, 0.15) is 10.7 Å². The van der Waals surface area contributed by atoms with E-state index >= 15 is 0 Å². The van der Waals surface area contributed by atoms with Crippen LogP contribution in [0, 0.1) is 0 Å². The van der Waals surface area contributed by atoms with Gasteiger partial charge in [-0.15, -0.1) is 0 Å². The number of nitrogens with zero attached hydrogens (tertiary/aromatic N) is 2. The summed E-state index contributed by atoms with van der Waals surface area (Å²) >= 11 is 0. The molecule has 6 nitrogen and oxygen atoms in total. The highest BCUT2D eigenvalue weighted by Crippen LogP contribution is 2.26. The predicted molar refractivity (Wildman–Crippen MR) is 71.0 cm³/mol. The molecule has 2 rings (SSSR count). The Labute approximate surface area is 112 Å². The lowest BCUT2D eigenvalue weighted by molar-refractivity contribution is -0.0107. The third-order valence-electron chi connectivity index (χ3n) is 3.13. The lowest BCUT2D eigenvalue weighted by Crippen LogP contribution is -2.50. The Kier molecular flexibility index (Phi) is 4.07. The van der Waals surface area contributed by atoms with Gasteiger partial charge in [-0.05, 0) is 19.1 Å². The topological polar surface area (TPSA) is 79.7 Å². The van der Waals surface area contributed by atoms with Crippen LogP contribution in [-0.4, -0.2) is 56.7 Å². The highest BCUT2D eigenvalue weighted by molar-refractivity contribution is 7.90. The maximum absolute atomic E-state index is 11.8. The van der Waals surface area contributed by atoms with Crippen LogP contribution in [0.15, 0.2) is 23.2 Å².